The molecule has 1 aromatic carbocycles. The molecule has 0 radical (unpaired) electrons. The molecular formula is C21H28N2O2. The Balaban J connectivity index is 1.61. The quantitative estimate of drug-likeness (QED) is 0.890. The van der Waals surface area contributed by atoms with E-state index in [0.717, 1.165) is 34.9 Å². The summed E-state index contributed by atoms with van der Waals surface area (Å²) >= 11 is 0. The molecule has 2 aliphatic carbocycles. The van der Waals surface area contributed by atoms with Gasteiger partial charge in [0.05, 0.1) is 6.10 Å². The molecule has 4 rings (SSSR count). The fourth-order valence-corrected chi connectivity index (χ4v) is 5.32. The predicted octanol–water partition coefficient (Wildman–Crippen LogP) is 3.76. The summed E-state index contributed by atoms with van der Waals surface area (Å²) in [5.74, 6) is 2.14. The number of pyridine rings is 1. The Bertz CT molecular complexity index is 859. The number of rotatable bonds is 4. The van der Waals surface area contributed by atoms with Gasteiger partial charge in [-0.05, 0) is 80.0 Å². The average molecular weight is 340 g/mol. The Hall–Kier alpha value is -1.81. The summed E-state index contributed by atoms with van der Waals surface area (Å²) in [6.07, 6.45) is 6.56. The van der Waals surface area contributed by atoms with Crippen LogP contribution in [0.1, 0.15) is 45.1 Å². The Morgan fingerprint density at radius 3 is 2.96 bits per heavy atom. The fraction of sp³-hybridized carbons (Fsp3) is 0.571. The molecule has 25 heavy (non-hydrogen) atoms. The van der Waals surface area contributed by atoms with Crippen LogP contribution in [0.25, 0.3) is 10.8 Å². The van der Waals surface area contributed by atoms with Gasteiger partial charge in [-0.3, -0.25) is 4.79 Å². The van der Waals surface area contributed by atoms with Crippen molar-refractivity contribution in [3.8, 4) is 5.75 Å². The van der Waals surface area contributed by atoms with Gasteiger partial charge in [-0.2, -0.15) is 0 Å². The highest BCUT2D eigenvalue weighted by Gasteiger charge is 2.63. The predicted molar refractivity (Wildman–Crippen MR) is 101 cm³/mol. The second-order valence-corrected chi connectivity index (χ2v) is 8.08. The first-order valence-corrected chi connectivity index (χ1v) is 9.50. The van der Waals surface area contributed by atoms with E-state index in [2.05, 4.69) is 18.8 Å². The zero-order valence-corrected chi connectivity index (χ0v) is 15.3. The Morgan fingerprint density at radius 1 is 1.40 bits per heavy atom. The number of aryl methyl sites for hydroxylation is 1. The molecule has 0 aliphatic heterocycles. The second kappa shape index (κ2) is 5.87. The molecule has 0 amide bonds. The van der Waals surface area contributed by atoms with Crippen molar-refractivity contribution < 1.29 is 4.74 Å². The number of hydrogen-bond donors (Lipinski definition) is 2. The Morgan fingerprint density at radius 2 is 2.20 bits per heavy atom. The second-order valence-electron chi connectivity index (χ2n) is 8.08. The third kappa shape index (κ3) is 2.58. The van der Waals surface area contributed by atoms with Crippen LogP contribution in [0, 0.1) is 24.2 Å². The fourth-order valence-electron chi connectivity index (χ4n) is 5.32. The smallest absolute Gasteiger partial charge is 0.255 e. The average Bonchev–Trinajstić information content (AvgIpc) is 3.34. The molecule has 2 fully saturated rings. The van der Waals surface area contributed by atoms with Crippen molar-refractivity contribution in [2.75, 3.05) is 0 Å². The standard InChI is InChI=1S/C21H28N2O2/c1-4-21-11-17(21)18(22)6-5-16(21)13(3)25-19-10-14-7-8-23-20(24)15(14)9-12(19)2/h7-10,13,16-18H,4-6,11,22H2,1-3H3,(H,23,24)/t13?,16-,17?,18?,21?/m0/s1. The zero-order chi connectivity index (χ0) is 17.8. The molecule has 2 aromatic rings. The summed E-state index contributed by atoms with van der Waals surface area (Å²) in [5.41, 5.74) is 7.68. The molecule has 1 heterocycles. The van der Waals surface area contributed by atoms with Gasteiger partial charge in [0.25, 0.3) is 5.56 Å². The lowest BCUT2D eigenvalue weighted by Gasteiger charge is -2.38. The van der Waals surface area contributed by atoms with Crippen molar-refractivity contribution in [3.63, 3.8) is 0 Å². The third-order valence-electron chi connectivity index (χ3n) is 6.85. The molecule has 134 valence electrons. The van der Waals surface area contributed by atoms with Crippen LogP contribution >= 0.6 is 0 Å². The van der Waals surface area contributed by atoms with E-state index in [9.17, 15) is 4.79 Å². The first-order valence-electron chi connectivity index (χ1n) is 9.50. The maximum Gasteiger partial charge on any atom is 0.255 e. The van der Waals surface area contributed by atoms with Crippen LogP contribution < -0.4 is 16.0 Å². The van der Waals surface area contributed by atoms with Crippen LogP contribution in [0.2, 0.25) is 0 Å². The summed E-state index contributed by atoms with van der Waals surface area (Å²) in [6, 6.07) is 6.24. The molecule has 4 heteroatoms. The van der Waals surface area contributed by atoms with Gasteiger partial charge in [-0.15, -0.1) is 0 Å². The van der Waals surface area contributed by atoms with Gasteiger partial charge in [-0.25, -0.2) is 0 Å². The molecular weight excluding hydrogens is 312 g/mol. The number of benzene rings is 1. The minimum atomic E-state index is -0.0489. The van der Waals surface area contributed by atoms with Crippen LogP contribution in [-0.2, 0) is 0 Å². The monoisotopic (exact) mass is 340 g/mol. The van der Waals surface area contributed by atoms with Gasteiger partial charge in [0, 0.05) is 23.5 Å². The first kappa shape index (κ1) is 16.6. The number of H-pyrrole nitrogens is 1. The summed E-state index contributed by atoms with van der Waals surface area (Å²) in [7, 11) is 0. The molecule has 2 aliphatic rings. The molecule has 2 saturated carbocycles. The highest BCUT2D eigenvalue weighted by Crippen LogP contribution is 2.66. The number of aromatic nitrogens is 1. The van der Waals surface area contributed by atoms with Crippen molar-refractivity contribution in [1.29, 1.82) is 0 Å². The number of ether oxygens (including phenoxy) is 1. The minimum absolute atomic E-state index is 0.0489. The van der Waals surface area contributed by atoms with Gasteiger partial charge in [0.1, 0.15) is 5.75 Å². The van der Waals surface area contributed by atoms with E-state index in [0.29, 0.717) is 23.3 Å². The number of aromatic amines is 1. The Labute approximate surface area is 148 Å². The highest BCUT2D eigenvalue weighted by molar-refractivity contribution is 5.83. The van der Waals surface area contributed by atoms with E-state index in [4.69, 9.17) is 10.5 Å². The van der Waals surface area contributed by atoms with E-state index in [-0.39, 0.29) is 11.7 Å². The largest absolute Gasteiger partial charge is 0.490 e. The van der Waals surface area contributed by atoms with Crippen LogP contribution in [0.5, 0.6) is 5.75 Å². The Kier molecular flexibility index (Phi) is 3.91. The van der Waals surface area contributed by atoms with Crippen molar-refractivity contribution in [2.24, 2.45) is 23.0 Å². The van der Waals surface area contributed by atoms with Crippen molar-refractivity contribution in [1.82, 2.24) is 4.98 Å². The number of fused-ring (bicyclic) bond motifs is 2. The van der Waals surface area contributed by atoms with Crippen LogP contribution in [0.3, 0.4) is 0 Å². The molecule has 3 N–H and O–H groups in total. The van der Waals surface area contributed by atoms with E-state index < -0.39 is 0 Å². The van der Waals surface area contributed by atoms with E-state index in [1.54, 1.807) is 6.20 Å². The lowest BCUT2D eigenvalue weighted by Crippen LogP contribution is -2.41. The molecule has 4 unspecified atom stereocenters. The SMILES string of the molecule is CCC12CC1C(N)CC[C@H]2C(C)Oc1cc2cc[nH]c(=O)c2cc1C. The molecule has 0 saturated heterocycles. The van der Waals surface area contributed by atoms with E-state index in [1.807, 2.05) is 25.1 Å². The molecule has 0 spiro atoms. The summed E-state index contributed by atoms with van der Waals surface area (Å²) in [4.78, 5) is 14.7. The maximum atomic E-state index is 12.0. The summed E-state index contributed by atoms with van der Waals surface area (Å²) in [6.45, 7) is 6.52. The van der Waals surface area contributed by atoms with Crippen LogP contribution in [0.15, 0.2) is 29.2 Å². The minimum Gasteiger partial charge on any atom is -0.490 e. The summed E-state index contributed by atoms with van der Waals surface area (Å²) in [5, 5.41) is 1.65. The van der Waals surface area contributed by atoms with Crippen molar-refractivity contribution in [2.45, 2.75) is 58.6 Å². The molecule has 4 nitrogen and oxygen atoms in total. The molecule has 0 bridgehead atoms. The van der Waals surface area contributed by atoms with E-state index in [1.165, 1.54) is 12.8 Å². The van der Waals surface area contributed by atoms with Gasteiger partial charge in [0.15, 0.2) is 0 Å². The molecule has 1 aromatic heterocycles. The van der Waals surface area contributed by atoms with Crippen LogP contribution in [0.4, 0.5) is 0 Å². The highest BCUT2D eigenvalue weighted by atomic mass is 16.5. The topological polar surface area (TPSA) is 68.1 Å². The van der Waals surface area contributed by atoms with Gasteiger partial charge >= 0.3 is 0 Å². The van der Waals surface area contributed by atoms with Gasteiger partial charge < -0.3 is 15.5 Å². The van der Waals surface area contributed by atoms with Gasteiger partial charge in [0.2, 0.25) is 0 Å². The summed E-state index contributed by atoms with van der Waals surface area (Å²) < 4.78 is 6.44. The molecule has 5 atom stereocenters. The van der Waals surface area contributed by atoms with Crippen molar-refractivity contribution >= 4 is 10.8 Å². The number of hydrogen-bond acceptors (Lipinski definition) is 3. The first-order chi connectivity index (χ1) is 12.0. The number of nitrogens with one attached hydrogen (secondary N) is 1. The zero-order valence-electron chi connectivity index (χ0n) is 15.3. The lowest BCUT2D eigenvalue weighted by molar-refractivity contribution is 0.0592. The maximum absolute atomic E-state index is 12.0. The van der Waals surface area contributed by atoms with Crippen LogP contribution in [-0.4, -0.2) is 17.1 Å². The third-order valence-corrected chi connectivity index (χ3v) is 6.85. The lowest BCUT2D eigenvalue weighted by atomic mass is 9.72. The van der Waals surface area contributed by atoms with E-state index >= 15 is 0 Å². The number of nitrogens with two attached hydrogens (primary N) is 1. The van der Waals surface area contributed by atoms with Gasteiger partial charge in [-0.1, -0.05) is 6.92 Å². The normalized spacial score (nSPS) is 32.2. The van der Waals surface area contributed by atoms with Crippen molar-refractivity contribution in [3.05, 3.63) is 40.3 Å².